The molecule has 0 bridgehead atoms. The average Bonchev–Trinajstić information content (AvgIpc) is 3.01. The quantitative estimate of drug-likeness (QED) is 0.918. The number of nitrogens with zero attached hydrogens (tertiary/aromatic N) is 2. The van der Waals surface area contributed by atoms with Crippen molar-refractivity contribution in [2.75, 3.05) is 6.54 Å². The Kier molecular flexibility index (Phi) is 3.97. The maximum atomic E-state index is 5.94. The minimum atomic E-state index is 0.238. The molecule has 1 aromatic heterocycles. The third-order valence-corrected chi connectivity index (χ3v) is 3.89. The van der Waals surface area contributed by atoms with Gasteiger partial charge < -0.3 is 10.1 Å². The summed E-state index contributed by atoms with van der Waals surface area (Å²) in [5, 5.41) is 8.05. The number of nitrogens with one attached hydrogen (secondary N) is 1. The van der Waals surface area contributed by atoms with Gasteiger partial charge in [0.05, 0.1) is 5.69 Å². The zero-order chi connectivity index (χ0) is 14.8. The molecule has 4 nitrogen and oxygen atoms in total. The zero-order valence-corrected chi connectivity index (χ0v) is 13.0. The molecule has 1 aliphatic rings. The van der Waals surface area contributed by atoms with Crippen LogP contribution in [0.2, 0.25) is 0 Å². The van der Waals surface area contributed by atoms with Crippen LogP contribution in [0, 0.1) is 0 Å². The van der Waals surface area contributed by atoms with Crippen molar-refractivity contribution in [1.82, 2.24) is 15.1 Å². The number of rotatable bonds is 5. The molecule has 1 aliphatic heterocycles. The molecular formula is C17H23N3O. The molecule has 0 aliphatic carbocycles. The van der Waals surface area contributed by atoms with Gasteiger partial charge in [-0.15, -0.1) is 0 Å². The van der Waals surface area contributed by atoms with Gasteiger partial charge >= 0.3 is 0 Å². The van der Waals surface area contributed by atoms with Gasteiger partial charge in [0.25, 0.3) is 0 Å². The van der Waals surface area contributed by atoms with Crippen molar-refractivity contribution < 1.29 is 4.74 Å². The molecule has 21 heavy (non-hydrogen) atoms. The maximum Gasteiger partial charge on any atom is 0.123 e. The molecule has 0 saturated carbocycles. The predicted octanol–water partition coefficient (Wildman–Crippen LogP) is 2.64. The van der Waals surface area contributed by atoms with Gasteiger partial charge in [-0.2, -0.15) is 5.10 Å². The number of ether oxygens (including phenoxy) is 1. The fourth-order valence-electron chi connectivity index (χ4n) is 2.91. The van der Waals surface area contributed by atoms with E-state index in [1.54, 1.807) is 0 Å². The highest BCUT2D eigenvalue weighted by atomic mass is 16.5. The predicted molar refractivity (Wildman–Crippen MR) is 83.6 cm³/mol. The van der Waals surface area contributed by atoms with Gasteiger partial charge in [0.2, 0.25) is 0 Å². The monoisotopic (exact) mass is 285 g/mol. The van der Waals surface area contributed by atoms with Crippen LogP contribution in [0.25, 0.3) is 0 Å². The maximum absolute atomic E-state index is 5.94. The Labute approximate surface area is 126 Å². The van der Waals surface area contributed by atoms with Crippen molar-refractivity contribution in [1.29, 1.82) is 0 Å². The minimum Gasteiger partial charge on any atom is -0.488 e. The van der Waals surface area contributed by atoms with Gasteiger partial charge in [-0.05, 0) is 17.5 Å². The first-order chi connectivity index (χ1) is 10.1. The van der Waals surface area contributed by atoms with E-state index >= 15 is 0 Å². The molecule has 0 saturated heterocycles. The van der Waals surface area contributed by atoms with Crippen molar-refractivity contribution in [2.24, 2.45) is 7.05 Å². The second-order valence-corrected chi connectivity index (χ2v) is 6.05. The Hall–Kier alpha value is -1.81. The van der Waals surface area contributed by atoms with Gasteiger partial charge in [-0.1, -0.05) is 32.0 Å². The number of aryl methyl sites for hydroxylation is 1. The number of benzene rings is 1. The molecule has 1 aromatic carbocycles. The summed E-state index contributed by atoms with van der Waals surface area (Å²) in [6, 6.07) is 8.29. The summed E-state index contributed by atoms with van der Waals surface area (Å²) in [6.45, 7) is 6.07. The number of hydrogen-bond donors (Lipinski definition) is 1. The first kappa shape index (κ1) is 14.1. The topological polar surface area (TPSA) is 39.1 Å². The Morgan fingerprint density at radius 1 is 1.38 bits per heavy atom. The lowest BCUT2D eigenvalue weighted by Gasteiger charge is -2.12. The molecule has 3 rings (SSSR count). The van der Waals surface area contributed by atoms with E-state index in [1.807, 2.05) is 23.9 Å². The van der Waals surface area contributed by atoms with E-state index in [0.717, 1.165) is 25.3 Å². The van der Waals surface area contributed by atoms with Crippen molar-refractivity contribution in [3.63, 3.8) is 0 Å². The molecule has 1 atom stereocenters. The van der Waals surface area contributed by atoms with E-state index in [1.165, 1.54) is 16.8 Å². The fourth-order valence-corrected chi connectivity index (χ4v) is 2.91. The number of para-hydroxylation sites is 1. The Bertz CT molecular complexity index is 593. The Morgan fingerprint density at radius 3 is 2.95 bits per heavy atom. The summed E-state index contributed by atoms with van der Waals surface area (Å²) < 4.78 is 7.84. The molecule has 0 amide bonds. The highest BCUT2D eigenvalue weighted by Gasteiger charge is 2.22. The molecule has 1 unspecified atom stereocenters. The lowest BCUT2D eigenvalue weighted by atomic mass is 10.1. The van der Waals surface area contributed by atoms with Crippen molar-refractivity contribution in [3.8, 4) is 5.75 Å². The first-order valence-electron chi connectivity index (χ1n) is 7.61. The van der Waals surface area contributed by atoms with Crippen LogP contribution in [-0.2, 0) is 20.0 Å². The normalized spacial score (nSPS) is 17.0. The van der Waals surface area contributed by atoms with Gasteiger partial charge in [0, 0.05) is 38.3 Å². The zero-order valence-electron chi connectivity index (χ0n) is 13.0. The number of hydrogen-bond acceptors (Lipinski definition) is 3. The van der Waals surface area contributed by atoms with Gasteiger partial charge in [-0.25, -0.2) is 0 Å². The standard InChI is InChI=1S/C17H23N3O/c1-12(2)17-14(11-20(3)19-17)9-18-10-15-8-13-6-4-5-7-16(13)21-15/h4-7,11-12,15,18H,8-10H2,1-3H3. The number of fused-ring (bicyclic) bond motifs is 1. The summed E-state index contributed by atoms with van der Waals surface area (Å²) in [4.78, 5) is 0. The van der Waals surface area contributed by atoms with Crippen molar-refractivity contribution >= 4 is 0 Å². The van der Waals surface area contributed by atoms with Gasteiger partial charge in [-0.3, -0.25) is 4.68 Å². The summed E-state index contributed by atoms with van der Waals surface area (Å²) >= 11 is 0. The first-order valence-corrected chi connectivity index (χ1v) is 7.61. The third kappa shape index (κ3) is 3.10. The number of aromatic nitrogens is 2. The van der Waals surface area contributed by atoms with E-state index in [4.69, 9.17) is 4.74 Å². The van der Waals surface area contributed by atoms with E-state index in [9.17, 15) is 0 Å². The van der Waals surface area contributed by atoms with Crippen LogP contribution < -0.4 is 10.1 Å². The molecule has 0 radical (unpaired) electrons. The van der Waals surface area contributed by atoms with Crippen LogP contribution in [0.3, 0.4) is 0 Å². The summed E-state index contributed by atoms with van der Waals surface area (Å²) in [7, 11) is 1.98. The van der Waals surface area contributed by atoms with E-state index in [2.05, 4.69) is 42.6 Å². The molecule has 1 N–H and O–H groups in total. The summed E-state index contributed by atoms with van der Waals surface area (Å²) in [6.07, 6.45) is 3.33. The molecule has 2 heterocycles. The van der Waals surface area contributed by atoms with Crippen LogP contribution >= 0.6 is 0 Å². The van der Waals surface area contributed by atoms with Crippen LogP contribution in [-0.4, -0.2) is 22.4 Å². The largest absolute Gasteiger partial charge is 0.488 e. The van der Waals surface area contributed by atoms with Crippen LogP contribution in [0.1, 0.15) is 36.6 Å². The minimum absolute atomic E-state index is 0.238. The SMILES string of the molecule is CC(C)c1nn(C)cc1CNCC1Cc2ccccc2O1. The Balaban J connectivity index is 1.54. The van der Waals surface area contributed by atoms with Crippen molar-refractivity contribution in [2.45, 2.75) is 38.8 Å². The second-order valence-electron chi connectivity index (χ2n) is 6.05. The van der Waals surface area contributed by atoms with Gasteiger partial charge in [0.1, 0.15) is 11.9 Å². The summed E-state index contributed by atoms with van der Waals surface area (Å²) in [5.74, 6) is 1.49. The van der Waals surface area contributed by atoms with E-state index < -0.39 is 0 Å². The second kappa shape index (κ2) is 5.90. The van der Waals surface area contributed by atoms with E-state index in [-0.39, 0.29) is 6.10 Å². The third-order valence-electron chi connectivity index (χ3n) is 3.89. The van der Waals surface area contributed by atoms with Crippen molar-refractivity contribution in [3.05, 3.63) is 47.3 Å². The molecule has 2 aromatic rings. The molecule has 4 heteroatoms. The van der Waals surface area contributed by atoms with Crippen LogP contribution in [0.4, 0.5) is 0 Å². The highest BCUT2D eigenvalue weighted by molar-refractivity contribution is 5.37. The van der Waals surface area contributed by atoms with Crippen LogP contribution in [0.5, 0.6) is 5.75 Å². The lowest BCUT2D eigenvalue weighted by Crippen LogP contribution is -2.29. The molecule has 112 valence electrons. The molecular weight excluding hydrogens is 262 g/mol. The highest BCUT2D eigenvalue weighted by Crippen LogP contribution is 2.27. The smallest absolute Gasteiger partial charge is 0.123 e. The fraction of sp³-hybridized carbons (Fsp3) is 0.471. The van der Waals surface area contributed by atoms with E-state index in [0.29, 0.717) is 5.92 Å². The summed E-state index contributed by atoms with van der Waals surface area (Å²) in [5.41, 5.74) is 3.78. The molecule has 0 fully saturated rings. The lowest BCUT2D eigenvalue weighted by molar-refractivity contribution is 0.227. The van der Waals surface area contributed by atoms with Crippen LogP contribution in [0.15, 0.2) is 30.5 Å². The average molecular weight is 285 g/mol. The Morgan fingerprint density at radius 2 is 2.19 bits per heavy atom. The van der Waals surface area contributed by atoms with Gasteiger partial charge in [0.15, 0.2) is 0 Å². The molecule has 0 spiro atoms.